The minimum Gasteiger partial charge on any atom is -0.549 e. The molecule has 0 saturated heterocycles. The van der Waals surface area contributed by atoms with Crippen LogP contribution in [0.4, 0.5) is 0 Å². The van der Waals surface area contributed by atoms with Gasteiger partial charge < -0.3 is 19.8 Å². The first-order chi connectivity index (χ1) is 7.61. The van der Waals surface area contributed by atoms with Crippen molar-refractivity contribution in [3.63, 3.8) is 0 Å². The molecule has 0 bridgehead atoms. The largest absolute Gasteiger partial charge is 2.00 e. The number of hydrogen-bond acceptors (Lipinski definition) is 8. The molecule has 0 saturated carbocycles. The third-order valence-electron chi connectivity index (χ3n) is 1.40. The van der Waals surface area contributed by atoms with E-state index in [1.807, 2.05) is 0 Å². The van der Waals surface area contributed by atoms with Crippen LogP contribution in [0.15, 0.2) is 23.0 Å². The Morgan fingerprint density at radius 1 is 0.882 bits per heavy atom. The van der Waals surface area contributed by atoms with Gasteiger partial charge >= 0.3 is 21.1 Å². The van der Waals surface area contributed by atoms with E-state index in [2.05, 4.69) is 0 Å². The number of aliphatic carboxylic acids is 2. The van der Waals surface area contributed by atoms with Crippen molar-refractivity contribution >= 4 is 55.1 Å². The van der Waals surface area contributed by atoms with Crippen molar-refractivity contribution in [1.82, 2.24) is 0 Å². The molecular weight excluding hydrogens is 483 g/mol. The quantitative estimate of drug-likeness (QED) is 0.503. The van der Waals surface area contributed by atoms with Crippen LogP contribution in [-0.2, 0) is 30.7 Å². The van der Waals surface area contributed by atoms with Crippen LogP contribution in [0, 0.1) is 0 Å². The molecule has 0 N–H and O–H groups in total. The smallest absolute Gasteiger partial charge is 0.549 e. The van der Waals surface area contributed by atoms with Crippen LogP contribution in [0.5, 0.6) is 0 Å². The van der Waals surface area contributed by atoms with Crippen LogP contribution in [0.2, 0.25) is 0 Å². The average Bonchev–Trinajstić information content (AvgIpc) is 2.93. The predicted octanol–water partition coefficient (Wildman–Crippen LogP) is 0.0247. The summed E-state index contributed by atoms with van der Waals surface area (Å²) in [7, 11) is 5.44. The Kier molecular flexibility index (Phi) is 9.72. The van der Waals surface area contributed by atoms with Crippen LogP contribution < -0.4 is 10.2 Å². The van der Waals surface area contributed by atoms with E-state index in [4.69, 9.17) is 0 Å². The fraction of sp³-hybridized carbons (Fsp3) is 0.250. The van der Waals surface area contributed by atoms with Gasteiger partial charge in [-0.3, -0.25) is 0 Å². The predicted molar refractivity (Wildman–Crippen MR) is 66.2 cm³/mol. The van der Waals surface area contributed by atoms with E-state index in [1.165, 1.54) is 43.2 Å². The second kappa shape index (κ2) is 9.44. The maximum Gasteiger partial charge on any atom is 2.00 e. The van der Waals surface area contributed by atoms with Gasteiger partial charge in [0, 0.05) is 0 Å². The van der Waals surface area contributed by atoms with Gasteiger partial charge in [0.05, 0.1) is 22.4 Å². The Morgan fingerprint density at radius 2 is 1.24 bits per heavy atom. The molecule has 17 heavy (non-hydrogen) atoms. The first-order valence-electron chi connectivity index (χ1n) is 4.00. The third kappa shape index (κ3) is 6.86. The molecule has 2 heterocycles. The van der Waals surface area contributed by atoms with E-state index in [0.717, 1.165) is 0 Å². The Balaban J connectivity index is 0.000000284. The first kappa shape index (κ1) is 17.5. The molecule has 2 aliphatic rings. The van der Waals surface area contributed by atoms with Crippen LogP contribution in [0.1, 0.15) is 0 Å². The number of carboxylic acid groups (broad SMARTS) is 2. The summed E-state index contributed by atoms with van der Waals surface area (Å²) in [5.41, 5.74) is 0. The fourth-order valence-electron chi connectivity index (χ4n) is 0.691. The fourth-order valence-corrected chi connectivity index (χ4v) is 4.49. The molecule has 2 unspecified atom stereocenters. The van der Waals surface area contributed by atoms with Crippen molar-refractivity contribution in [3.05, 3.63) is 23.0 Å². The topological polar surface area (TPSA) is 80.3 Å². The number of carboxylic acids is 2. The van der Waals surface area contributed by atoms with E-state index in [9.17, 15) is 19.8 Å². The zero-order valence-electron chi connectivity index (χ0n) is 8.05. The number of carbonyl (C=O) groups excluding carboxylic acids is 2. The van der Waals surface area contributed by atoms with E-state index in [1.54, 1.807) is 23.0 Å². The van der Waals surface area contributed by atoms with Gasteiger partial charge in [0.1, 0.15) is 0 Å². The third-order valence-corrected chi connectivity index (χ3v) is 5.85. The minimum absolute atomic E-state index is 0. The summed E-state index contributed by atoms with van der Waals surface area (Å²) in [6.07, 6.45) is 3.23. The summed E-state index contributed by atoms with van der Waals surface area (Å²) in [5.74, 6) is -2.01. The number of hydrogen-bond donors (Lipinski definition) is 0. The van der Waals surface area contributed by atoms with Gasteiger partial charge in [0.2, 0.25) is 0 Å². The second-order valence-electron chi connectivity index (χ2n) is 2.52. The first-order valence-corrected chi connectivity index (χ1v) is 8.56. The Morgan fingerprint density at radius 3 is 1.35 bits per heavy atom. The van der Waals surface area contributed by atoms with E-state index < -0.39 is 22.4 Å². The molecule has 0 radical (unpaired) electrons. The van der Waals surface area contributed by atoms with Gasteiger partial charge in [-0.15, -0.1) is 0 Å². The summed E-state index contributed by atoms with van der Waals surface area (Å²) in [6, 6.07) is 0. The van der Waals surface area contributed by atoms with Crippen molar-refractivity contribution < 1.29 is 40.9 Å². The van der Waals surface area contributed by atoms with Crippen molar-refractivity contribution in [3.8, 4) is 0 Å². The molecule has 96 valence electrons. The normalized spacial score (nSPS) is 24.7. The van der Waals surface area contributed by atoms with Gasteiger partial charge in [0.25, 0.3) is 0 Å². The molecule has 2 rings (SSSR count). The number of carbonyl (C=O) groups is 2. The molecule has 2 aliphatic heterocycles. The van der Waals surface area contributed by atoms with Crippen molar-refractivity contribution in [1.29, 1.82) is 0 Å². The molecule has 4 nitrogen and oxygen atoms in total. The standard InChI is InChI=1S/2C4H4O2S2.Pt/c2*5-4(6)3-1-2-7-8-3;/h2*1-3H,(H,5,6);/q;;+2/p-2. The zero-order chi connectivity index (χ0) is 12.0. The molecule has 0 spiro atoms. The SMILES string of the molecule is O=C([O-])C1C=CSS1.O=C([O-])C1C=CSS1.[Pt+2]. The minimum atomic E-state index is -1.00. The van der Waals surface area contributed by atoms with Crippen LogP contribution in [0.3, 0.4) is 0 Å². The molecule has 2 atom stereocenters. The van der Waals surface area contributed by atoms with Crippen LogP contribution >= 0.6 is 43.2 Å². The van der Waals surface area contributed by atoms with Crippen molar-refractivity contribution in [2.75, 3.05) is 0 Å². The monoisotopic (exact) mass is 489 g/mol. The average molecular weight is 489 g/mol. The van der Waals surface area contributed by atoms with Crippen LogP contribution in [-0.4, -0.2) is 22.4 Å². The molecule has 0 fully saturated rings. The van der Waals surface area contributed by atoms with Crippen LogP contribution in [0.25, 0.3) is 0 Å². The van der Waals surface area contributed by atoms with Crippen molar-refractivity contribution in [2.45, 2.75) is 10.5 Å². The molecule has 0 aliphatic carbocycles. The summed E-state index contributed by atoms with van der Waals surface area (Å²) in [6.45, 7) is 0. The Bertz CT molecular complexity index is 301. The Labute approximate surface area is 129 Å². The summed E-state index contributed by atoms with van der Waals surface area (Å²) in [4.78, 5) is 20.0. The molecule has 9 heteroatoms. The molecular formula is C8H6O4PtS4. The maximum atomic E-state index is 10.0. The van der Waals surface area contributed by atoms with Gasteiger partial charge in [-0.25, -0.2) is 0 Å². The molecule has 0 aromatic carbocycles. The van der Waals surface area contributed by atoms with Gasteiger partial charge in [-0.2, -0.15) is 0 Å². The molecule has 0 amide bonds. The molecule has 0 aromatic heterocycles. The van der Waals surface area contributed by atoms with E-state index in [-0.39, 0.29) is 21.1 Å². The summed E-state index contributed by atoms with van der Waals surface area (Å²) in [5, 5.41) is 22.7. The Hall–Kier alpha value is 0.508. The van der Waals surface area contributed by atoms with E-state index in [0.29, 0.717) is 0 Å². The summed E-state index contributed by atoms with van der Waals surface area (Å²) < 4.78 is 0. The maximum absolute atomic E-state index is 10.0. The summed E-state index contributed by atoms with van der Waals surface area (Å²) >= 11 is 0. The second-order valence-corrected chi connectivity index (χ2v) is 7.16. The van der Waals surface area contributed by atoms with E-state index >= 15 is 0 Å². The number of rotatable bonds is 2. The zero-order valence-corrected chi connectivity index (χ0v) is 13.6. The van der Waals surface area contributed by atoms with Gasteiger partial charge in [-0.05, 0) is 10.8 Å². The van der Waals surface area contributed by atoms with Crippen molar-refractivity contribution in [2.24, 2.45) is 0 Å². The molecule has 0 aromatic rings. The van der Waals surface area contributed by atoms with Gasteiger partial charge in [0.15, 0.2) is 0 Å². The van der Waals surface area contributed by atoms with Gasteiger partial charge in [-0.1, -0.05) is 55.3 Å².